The van der Waals surface area contributed by atoms with E-state index in [9.17, 15) is 9.18 Å². The summed E-state index contributed by atoms with van der Waals surface area (Å²) in [4.78, 5) is 16.4. The average Bonchev–Trinajstić information content (AvgIpc) is 2.66. The van der Waals surface area contributed by atoms with E-state index < -0.39 is 0 Å². The molecule has 148 valence electrons. The minimum absolute atomic E-state index is 0.0328. The third kappa shape index (κ3) is 4.18. The maximum absolute atomic E-state index is 13.6. The highest BCUT2D eigenvalue weighted by molar-refractivity contribution is 5.75. The number of fused-ring (bicyclic) bond motifs is 1. The molecule has 2 amide bonds. The van der Waals surface area contributed by atoms with Gasteiger partial charge in [-0.2, -0.15) is 0 Å². The van der Waals surface area contributed by atoms with Gasteiger partial charge < -0.3 is 15.0 Å². The molecule has 6 heteroatoms. The number of rotatable bonds is 5. The predicted octanol–water partition coefficient (Wildman–Crippen LogP) is 2.79. The Kier molecular flexibility index (Phi) is 5.59. The largest absolute Gasteiger partial charge is 0.370 e. The van der Waals surface area contributed by atoms with Crippen LogP contribution in [-0.2, 0) is 24.3 Å². The zero-order valence-electron chi connectivity index (χ0n) is 16.1. The Balaban J connectivity index is 1.19. The summed E-state index contributed by atoms with van der Waals surface area (Å²) in [7, 11) is 2.10. The van der Waals surface area contributed by atoms with Crippen molar-refractivity contribution in [3.05, 3.63) is 71.0 Å². The molecule has 5 nitrogen and oxygen atoms in total. The van der Waals surface area contributed by atoms with Crippen LogP contribution in [0.1, 0.15) is 16.7 Å². The summed E-state index contributed by atoms with van der Waals surface area (Å²) in [6.45, 7) is 2.86. The predicted molar refractivity (Wildman–Crippen MR) is 105 cm³/mol. The van der Waals surface area contributed by atoms with Crippen LogP contribution < -0.4 is 5.32 Å². The van der Waals surface area contributed by atoms with E-state index in [1.54, 1.807) is 23.1 Å². The molecular weight excluding hydrogens is 357 g/mol. The van der Waals surface area contributed by atoms with E-state index in [0.717, 1.165) is 13.0 Å². The van der Waals surface area contributed by atoms with Crippen LogP contribution in [0.15, 0.2) is 48.5 Å². The first-order valence-corrected chi connectivity index (χ1v) is 9.75. The Morgan fingerprint density at radius 1 is 1.14 bits per heavy atom. The van der Waals surface area contributed by atoms with Crippen LogP contribution in [0.25, 0.3) is 0 Å². The molecule has 1 fully saturated rings. The molecule has 1 saturated heterocycles. The quantitative estimate of drug-likeness (QED) is 0.864. The van der Waals surface area contributed by atoms with Gasteiger partial charge in [0, 0.05) is 24.7 Å². The summed E-state index contributed by atoms with van der Waals surface area (Å²) in [6, 6.07) is 15.3. The van der Waals surface area contributed by atoms with Crippen molar-refractivity contribution in [1.29, 1.82) is 0 Å². The Hall–Kier alpha value is -2.44. The Morgan fingerprint density at radius 2 is 1.86 bits per heavy atom. The van der Waals surface area contributed by atoms with E-state index >= 15 is 0 Å². The van der Waals surface area contributed by atoms with Gasteiger partial charge in [0.25, 0.3) is 0 Å². The normalized spacial score (nSPS) is 19.8. The number of hydrogen-bond donors (Lipinski definition) is 1. The topological polar surface area (TPSA) is 44.8 Å². The Labute approximate surface area is 165 Å². The first-order valence-electron chi connectivity index (χ1n) is 9.75. The van der Waals surface area contributed by atoms with Crippen molar-refractivity contribution in [2.45, 2.75) is 31.7 Å². The van der Waals surface area contributed by atoms with Gasteiger partial charge in [-0.3, -0.25) is 4.90 Å². The molecule has 1 atom stereocenters. The van der Waals surface area contributed by atoms with Crippen LogP contribution in [0, 0.1) is 5.82 Å². The molecule has 0 radical (unpaired) electrons. The second-order valence-electron chi connectivity index (χ2n) is 7.66. The number of hydrogen-bond acceptors (Lipinski definition) is 3. The van der Waals surface area contributed by atoms with Gasteiger partial charge in [-0.15, -0.1) is 0 Å². The van der Waals surface area contributed by atoms with Gasteiger partial charge in [0.2, 0.25) is 0 Å². The number of urea groups is 1. The van der Waals surface area contributed by atoms with Gasteiger partial charge >= 0.3 is 6.03 Å². The maximum atomic E-state index is 13.6. The first-order chi connectivity index (χ1) is 13.6. The molecule has 0 saturated carbocycles. The summed E-state index contributed by atoms with van der Waals surface area (Å²) in [5, 5.41) is 3.05. The fourth-order valence-electron chi connectivity index (χ4n) is 3.80. The second-order valence-corrected chi connectivity index (χ2v) is 7.66. The molecule has 0 aromatic heterocycles. The molecule has 2 aliphatic rings. The molecule has 0 aliphatic carbocycles. The van der Waals surface area contributed by atoms with Crippen LogP contribution in [0.3, 0.4) is 0 Å². The molecule has 1 N–H and O–H groups in total. The van der Waals surface area contributed by atoms with Crippen molar-refractivity contribution in [3.63, 3.8) is 0 Å². The highest BCUT2D eigenvalue weighted by Crippen LogP contribution is 2.22. The SMILES string of the molecule is CN1Cc2ccccc2CC1CNC(=O)N1CC(OCc2ccccc2F)C1. The number of benzene rings is 2. The lowest BCUT2D eigenvalue weighted by atomic mass is 9.94. The van der Waals surface area contributed by atoms with Gasteiger partial charge in [-0.05, 0) is 30.7 Å². The Morgan fingerprint density at radius 3 is 2.64 bits per heavy atom. The van der Waals surface area contributed by atoms with Gasteiger partial charge in [0.05, 0.1) is 25.8 Å². The van der Waals surface area contributed by atoms with Crippen LogP contribution in [0.5, 0.6) is 0 Å². The lowest BCUT2D eigenvalue weighted by Gasteiger charge is -2.40. The molecule has 4 rings (SSSR count). The number of amides is 2. The number of nitrogens with one attached hydrogen (secondary N) is 1. The molecular formula is C22H26FN3O2. The average molecular weight is 383 g/mol. The van der Waals surface area contributed by atoms with Crippen molar-refractivity contribution < 1.29 is 13.9 Å². The van der Waals surface area contributed by atoms with Crippen LogP contribution in [0.4, 0.5) is 9.18 Å². The molecule has 2 heterocycles. The van der Waals surface area contributed by atoms with Crippen molar-refractivity contribution in [1.82, 2.24) is 15.1 Å². The number of likely N-dealkylation sites (tertiary alicyclic amines) is 1. The summed E-state index contributed by atoms with van der Waals surface area (Å²) >= 11 is 0. The smallest absolute Gasteiger partial charge is 0.317 e. The van der Waals surface area contributed by atoms with E-state index in [2.05, 4.69) is 41.5 Å². The third-order valence-corrected chi connectivity index (χ3v) is 5.67. The van der Waals surface area contributed by atoms with Crippen molar-refractivity contribution in [3.8, 4) is 0 Å². The van der Waals surface area contributed by atoms with Crippen molar-refractivity contribution in [2.75, 3.05) is 26.7 Å². The highest BCUT2D eigenvalue weighted by atomic mass is 19.1. The molecule has 2 aromatic rings. The first kappa shape index (κ1) is 18.9. The molecule has 0 bridgehead atoms. The monoisotopic (exact) mass is 383 g/mol. The number of likely N-dealkylation sites (N-methyl/N-ethyl adjacent to an activating group) is 1. The van der Waals surface area contributed by atoms with Crippen LogP contribution >= 0.6 is 0 Å². The number of carbonyl (C=O) groups is 1. The van der Waals surface area contributed by atoms with Crippen molar-refractivity contribution in [2.24, 2.45) is 0 Å². The van der Waals surface area contributed by atoms with Crippen LogP contribution in [-0.4, -0.2) is 54.7 Å². The number of nitrogens with zero attached hydrogens (tertiary/aromatic N) is 2. The summed E-state index contributed by atoms with van der Waals surface area (Å²) in [5.41, 5.74) is 3.28. The fourth-order valence-corrected chi connectivity index (χ4v) is 3.80. The van der Waals surface area contributed by atoms with Gasteiger partial charge in [-0.25, -0.2) is 9.18 Å². The zero-order chi connectivity index (χ0) is 19.5. The lowest BCUT2D eigenvalue weighted by molar-refractivity contribution is -0.0451. The lowest BCUT2D eigenvalue weighted by Crippen LogP contribution is -2.59. The minimum Gasteiger partial charge on any atom is -0.370 e. The third-order valence-electron chi connectivity index (χ3n) is 5.67. The van der Waals surface area contributed by atoms with E-state index in [1.807, 2.05) is 0 Å². The van der Waals surface area contributed by atoms with E-state index in [4.69, 9.17) is 4.74 Å². The maximum Gasteiger partial charge on any atom is 0.317 e. The fraction of sp³-hybridized carbons (Fsp3) is 0.409. The van der Waals surface area contributed by atoms with Gasteiger partial charge in [-0.1, -0.05) is 42.5 Å². The zero-order valence-corrected chi connectivity index (χ0v) is 16.1. The molecule has 2 aromatic carbocycles. The van der Waals surface area contributed by atoms with Gasteiger partial charge in [0.1, 0.15) is 5.82 Å². The summed E-state index contributed by atoms with van der Waals surface area (Å²) < 4.78 is 19.3. The highest BCUT2D eigenvalue weighted by Gasteiger charge is 2.32. The summed E-state index contributed by atoms with van der Waals surface area (Å²) in [5.74, 6) is -0.255. The van der Waals surface area contributed by atoms with E-state index in [1.165, 1.54) is 17.2 Å². The number of carbonyl (C=O) groups excluding carboxylic acids is 1. The van der Waals surface area contributed by atoms with E-state index in [-0.39, 0.29) is 24.6 Å². The second kappa shape index (κ2) is 8.29. The number of ether oxygens (including phenoxy) is 1. The Bertz CT molecular complexity index is 838. The van der Waals surface area contributed by atoms with E-state index in [0.29, 0.717) is 31.2 Å². The van der Waals surface area contributed by atoms with Gasteiger partial charge in [0.15, 0.2) is 0 Å². The molecule has 28 heavy (non-hydrogen) atoms. The standard InChI is InChI=1S/C22H26FN3O2/c1-25-12-17-7-3-2-6-16(17)10-19(25)11-24-22(27)26-13-20(14-26)28-15-18-8-4-5-9-21(18)23/h2-9,19-20H,10-15H2,1H3,(H,24,27). The summed E-state index contributed by atoms with van der Waals surface area (Å²) in [6.07, 6.45) is 0.913. The molecule has 0 spiro atoms. The van der Waals surface area contributed by atoms with Crippen molar-refractivity contribution >= 4 is 6.03 Å². The minimum atomic E-state index is -0.255. The molecule has 2 aliphatic heterocycles. The number of halogens is 1. The molecule has 1 unspecified atom stereocenters. The van der Waals surface area contributed by atoms with Crippen LogP contribution in [0.2, 0.25) is 0 Å².